The zero-order valence-corrected chi connectivity index (χ0v) is 14.1. The van der Waals surface area contributed by atoms with E-state index in [1.807, 2.05) is 49.6 Å². The van der Waals surface area contributed by atoms with Gasteiger partial charge in [-0.2, -0.15) is 0 Å². The lowest BCUT2D eigenvalue weighted by molar-refractivity contribution is -0.113. The number of carbonyl (C=O) groups excluding carboxylic acids is 1. The first-order valence-corrected chi connectivity index (χ1v) is 8.22. The molecule has 0 fully saturated rings. The average Bonchev–Trinajstić information content (AvgIpc) is 2.59. The number of carbonyl (C=O) groups is 1. The monoisotopic (exact) mass is 315 g/mol. The van der Waals surface area contributed by atoms with E-state index in [4.69, 9.17) is 0 Å². The minimum Gasteiger partial charge on any atom is -0.380 e. The minimum absolute atomic E-state index is 0.0749. The highest BCUT2D eigenvalue weighted by atomic mass is 16.1. The van der Waals surface area contributed by atoms with Crippen LogP contribution < -0.4 is 0 Å². The summed E-state index contributed by atoms with van der Waals surface area (Å²) in [4.78, 5) is 14.4. The van der Waals surface area contributed by atoms with E-state index in [0.29, 0.717) is 0 Å². The van der Waals surface area contributed by atoms with Crippen LogP contribution in [0.5, 0.6) is 0 Å². The first-order chi connectivity index (χ1) is 11.6. The zero-order valence-electron chi connectivity index (χ0n) is 14.1. The third kappa shape index (κ3) is 3.58. The van der Waals surface area contributed by atoms with Gasteiger partial charge in [-0.1, -0.05) is 54.3 Å². The van der Waals surface area contributed by atoms with Crippen molar-refractivity contribution in [3.8, 4) is 11.8 Å². The summed E-state index contributed by atoms with van der Waals surface area (Å²) in [6, 6.07) is 18.2. The number of Topliss-reactive ketones (excluding diaryl/α,β-unsaturated/α-hetero) is 1. The Kier molecular flexibility index (Phi) is 4.82. The van der Waals surface area contributed by atoms with E-state index in [9.17, 15) is 4.79 Å². The molecule has 0 N–H and O–H groups in total. The lowest BCUT2D eigenvalue weighted by Crippen LogP contribution is -2.22. The Bertz CT molecular complexity index is 824. The highest BCUT2D eigenvalue weighted by Gasteiger charge is 2.23. The number of hydrogen-bond donors (Lipinski definition) is 0. The molecule has 0 bridgehead atoms. The normalized spacial score (nSPS) is 19.0. The van der Waals surface area contributed by atoms with Crippen LogP contribution in [0.2, 0.25) is 0 Å². The summed E-state index contributed by atoms with van der Waals surface area (Å²) < 4.78 is 0. The number of benzene rings is 2. The average molecular weight is 315 g/mol. The van der Waals surface area contributed by atoms with Gasteiger partial charge in [0.15, 0.2) is 5.78 Å². The number of rotatable bonds is 1. The van der Waals surface area contributed by atoms with Crippen LogP contribution in [-0.2, 0) is 11.2 Å². The van der Waals surface area contributed by atoms with Gasteiger partial charge in [-0.25, -0.2) is 0 Å². The molecule has 0 saturated carbocycles. The molecule has 0 amide bonds. The van der Waals surface area contributed by atoms with Crippen LogP contribution in [0.15, 0.2) is 66.4 Å². The van der Waals surface area contributed by atoms with Gasteiger partial charge in [0, 0.05) is 30.9 Å². The van der Waals surface area contributed by atoms with Crippen LogP contribution in [0.25, 0.3) is 0 Å². The summed E-state index contributed by atoms with van der Waals surface area (Å²) in [5.74, 6) is 6.47. The molecule has 1 aliphatic rings. The van der Waals surface area contributed by atoms with Gasteiger partial charge in [-0.05, 0) is 36.6 Å². The third-order valence-electron chi connectivity index (χ3n) is 4.31. The molecule has 0 radical (unpaired) electrons. The Hall–Kier alpha value is -2.79. The van der Waals surface area contributed by atoms with Crippen molar-refractivity contribution in [2.24, 2.45) is 0 Å². The van der Waals surface area contributed by atoms with Crippen molar-refractivity contribution in [1.82, 2.24) is 4.90 Å². The van der Waals surface area contributed by atoms with Crippen LogP contribution in [0.1, 0.15) is 29.5 Å². The lowest BCUT2D eigenvalue weighted by atomic mass is 9.85. The van der Waals surface area contributed by atoms with Crippen LogP contribution in [0.4, 0.5) is 0 Å². The second-order valence-corrected chi connectivity index (χ2v) is 6.14. The molecule has 2 aromatic rings. The Labute approximate surface area is 143 Å². The minimum atomic E-state index is -0.193. The molecule has 1 heterocycles. The highest BCUT2D eigenvalue weighted by molar-refractivity contribution is 5.95. The predicted octanol–water partition coefficient (Wildman–Crippen LogP) is 3.78. The van der Waals surface area contributed by atoms with Crippen LogP contribution in [0, 0.1) is 11.8 Å². The van der Waals surface area contributed by atoms with Crippen LogP contribution >= 0.6 is 0 Å². The number of ketones is 1. The summed E-state index contributed by atoms with van der Waals surface area (Å²) in [6.07, 6.45) is 2.92. The number of allylic oxidation sites excluding steroid dienone is 1. The molecule has 3 rings (SSSR count). The summed E-state index contributed by atoms with van der Waals surface area (Å²) in [5.41, 5.74) is 4.14. The predicted molar refractivity (Wildman–Crippen MR) is 97.6 cm³/mol. The fraction of sp³-hybridized carbons (Fsp3) is 0.227. The number of nitrogens with zero attached hydrogens (tertiary/aromatic N) is 1. The molecule has 120 valence electrons. The van der Waals surface area contributed by atoms with Gasteiger partial charge in [0.2, 0.25) is 0 Å². The van der Waals surface area contributed by atoms with Gasteiger partial charge in [-0.15, -0.1) is 0 Å². The van der Waals surface area contributed by atoms with Gasteiger partial charge in [-0.3, -0.25) is 4.79 Å². The first-order valence-electron chi connectivity index (χ1n) is 8.22. The van der Waals surface area contributed by atoms with Crippen LogP contribution in [-0.4, -0.2) is 24.3 Å². The molecule has 1 atom stereocenters. The fourth-order valence-electron chi connectivity index (χ4n) is 3.01. The van der Waals surface area contributed by atoms with E-state index in [1.165, 1.54) is 5.56 Å². The van der Waals surface area contributed by atoms with Gasteiger partial charge in [0.1, 0.15) is 0 Å². The highest BCUT2D eigenvalue weighted by Crippen LogP contribution is 2.30. The maximum Gasteiger partial charge on any atom is 0.158 e. The van der Waals surface area contributed by atoms with Gasteiger partial charge in [0.25, 0.3) is 0 Å². The third-order valence-corrected chi connectivity index (χ3v) is 4.31. The fourth-order valence-corrected chi connectivity index (χ4v) is 3.01. The maximum absolute atomic E-state index is 12.3. The van der Waals surface area contributed by atoms with Crippen LogP contribution in [0.3, 0.4) is 0 Å². The SMILES string of the molecule is CC(=O)/C1=C/N(C)CCc2ccccc2C1C#Cc1ccccc1. The molecule has 2 aromatic carbocycles. The number of hydrogen-bond acceptors (Lipinski definition) is 2. The maximum atomic E-state index is 12.3. The summed E-state index contributed by atoms with van der Waals surface area (Å²) in [5, 5.41) is 0. The van der Waals surface area contributed by atoms with E-state index in [-0.39, 0.29) is 11.7 Å². The molecule has 0 saturated heterocycles. The molecule has 0 spiro atoms. The Morgan fingerprint density at radius 3 is 2.54 bits per heavy atom. The smallest absolute Gasteiger partial charge is 0.158 e. The van der Waals surface area contributed by atoms with E-state index >= 15 is 0 Å². The van der Waals surface area contributed by atoms with Crippen molar-refractivity contribution >= 4 is 5.78 Å². The molecule has 2 heteroatoms. The second kappa shape index (κ2) is 7.19. The van der Waals surface area contributed by atoms with Crippen molar-refractivity contribution < 1.29 is 4.79 Å². The van der Waals surface area contributed by atoms with E-state index < -0.39 is 0 Å². The van der Waals surface area contributed by atoms with Gasteiger partial charge in [0.05, 0.1) is 5.92 Å². The molecular formula is C22H21NO. The zero-order chi connectivity index (χ0) is 16.9. The van der Waals surface area contributed by atoms with Crippen molar-refractivity contribution in [2.75, 3.05) is 13.6 Å². The van der Waals surface area contributed by atoms with Gasteiger partial charge < -0.3 is 4.90 Å². The topological polar surface area (TPSA) is 20.3 Å². The quantitative estimate of drug-likeness (QED) is 0.746. The van der Waals surface area contributed by atoms with Crippen molar-refractivity contribution in [1.29, 1.82) is 0 Å². The summed E-state index contributed by atoms with van der Waals surface area (Å²) in [6.45, 7) is 2.52. The summed E-state index contributed by atoms with van der Waals surface area (Å²) >= 11 is 0. The number of likely N-dealkylation sites (N-methyl/N-ethyl adjacent to an activating group) is 1. The largest absolute Gasteiger partial charge is 0.380 e. The molecular weight excluding hydrogens is 294 g/mol. The molecule has 0 aliphatic carbocycles. The second-order valence-electron chi connectivity index (χ2n) is 6.14. The molecule has 2 nitrogen and oxygen atoms in total. The Balaban J connectivity index is 2.12. The first kappa shape index (κ1) is 16.1. The van der Waals surface area contributed by atoms with E-state index in [2.05, 4.69) is 34.9 Å². The Morgan fingerprint density at radius 2 is 1.79 bits per heavy atom. The van der Waals surface area contributed by atoms with Crippen molar-refractivity contribution in [3.05, 3.63) is 83.1 Å². The number of fused-ring (bicyclic) bond motifs is 1. The van der Waals surface area contributed by atoms with E-state index in [1.54, 1.807) is 6.92 Å². The molecule has 1 aliphatic heterocycles. The Morgan fingerprint density at radius 1 is 1.08 bits per heavy atom. The molecule has 1 unspecified atom stereocenters. The summed E-state index contributed by atoms with van der Waals surface area (Å²) in [7, 11) is 2.01. The lowest BCUT2D eigenvalue weighted by Gasteiger charge is -2.25. The van der Waals surface area contributed by atoms with Gasteiger partial charge >= 0.3 is 0 Å². The molecule has 24 heavy (non-hydrogen) atoms. The van der Waals surface area contributed by atoms with Crippen molar-refractivity contribution in [2.45, 2.75) is 19.3 Å². The van der Waals surface area contributed by atoms with Crippen molar-refractivity contribution in [3.63, 3.8) is 0 Å². The standard InChI is InChI=1S/C22H21NO/c1-17(24)22-16-23(2)15-14-19-10-6-7-11-20(19)21(22)13-12-18-8-4-3-5-9-18/h3-11,16,21H,14-15H2,1-2H3/b22-16-. The molecule has 0 aromatic heterocycles. The van der Waals surface area contributed by atoms with E-state index in [0.717, 1.165) is 29.7 Å².